The number of hydrogen-bond donors (Lipinski definition) is 0. The molecule has 3 aliphatic heterocycles. The number of nitrogens with zero attached hydrogens (tertiary/aromatic N) is 4. The Morgan fingerprint density at radius 1 is 1.00 bits per heavy atom. The van der Waals surface area contributed by atoms with E-state index in [9.17, 15) is 14.4 Å². The number of rotatable bonds is 8. The van der Waals surface area contributed by atoms with E-state index < -0.39 is 5.54 Å². The van der Waals surface area contributed by atoms with E-state index in [1.807, 2.05) is 4.90 Å². The smallest absolute Gasteiger partial charge is 0.327 e. The number of amides is 4. The minimum atomic E-state index is -0.685. The lowest BCUT2D eigenvalue weighted by molar-refractivity contribution is -0.136. The van der Waals surface area contributed by atoms with E-state index >= 15 is 0 Å². The summed E-state index contributed by atoms with van der Waals surface area (Å²) in [5.41, 5.74) is 0.590. The van der Waals surface area contributed by atoms with E-state index in [-0.39, 0.29) is 23.3 Å². The molecule has 4 amide bonds. The molecule has 3 saturated heterocycles. The second kappa shape index (κ2) is 10.9. The van der Waals surface area contributed by atoms with Crippen LogP contribution in [0.4, 0.5) is 4.79 Å². The lowest BCUT2D eigenvalue weighted by Crippen LogP contribution is -2.57. The maximum absolute atomic E-state index is 13.8. The maximum atomic E-state index is 13.8. The third-order valence-corrected chi connectivity index (χ3v) is 9.19. The molecule has 7 heteroatoms. The topological polar surface area (TPSA) is 64.2 Å². The fourth-order valence-electron chi connectivity index (χ4n) is 6.94. The van der Waals surface area contributed by atoms with Gasteiger partial charge in [-0.15, -0.1) is 0 Å². The van der Waals surface area contributed by atoms with Crippen LogP contribution in [-0.4, -0.2) is 88.8 Å². The van der Waals surface area contributed by atoms with Crippen LogP contribution in [0.15, 0.2) is 30.3 Å². The van der Waals surface area contributed by atoms with Crippen LogP contribution in [0.25, 0.3) is 0 Å². The highest BCUT2D eigenvalue weighted by molar-refractivity contribution is 6.07. The zero-order valence-electron chi connectivity index (χ0n) is 24.7. The predicted molar refractivity (Wildman–Crippen MR) is 153 cm³/mol. The van der Waals surface area contributed by atoms with Crippen LogP contribution >= 0.6 is 0 Å². The van der Waals surface area contributed by atoms with Crippen molar-refractivity contribution in [2.75, 3.05) is 45.8 Å². The van der Waals surface area contributed by atoms with Crippen molar-refractivity contribution in [2.45, 2.75) is 78.2 Å². The van der Waals surface area contributed by atoms with Crippen LogP contribution in [0.2, 0.25) is 0 Å². The first-order valence-electron chi connectivity index (χ1n) is 15.2. The third-order valence-electron chi connectivity index (χ3n) is 9.19. The Labute approximate surface area is 234 Å². The average molecular weight is 537 g/mol. The minimum absolute atomic E-state index is 0.0287. The third kappa shape index (κ3) is 6.03. The number of carbonyl (C=O) groups excluding carboxylic acids is 3. The highest BCUT2D eigenvalue weighted by atomic mass is 16.2. The number of imide groups is 1. The standard InChI is InChI=1S/C32H48N4O3/c1-23(2)18-36-30(39)35(19-24-11-12-24)29(38)32(36)13-15-33(16-14-32)20-26-21-34(28(37)17-31(3,4)5)22-27(26)25-9-7-6-8-10-25/h6-10,23-24,26-27H,11-22H2,1-5H3/t26-,27+/m0/s1. The number of piperidine rings is 1. The number of urea groups is 1. The van der Waals surface area contributed by atoms with Crippen molar-refractivity contribution >= 4 is 17.8 Å². The largest absolute Gasteiger partial charge is 0.342 e. The van der Waals surface area contributed by atoms with Crippen LogP contribution < -0.4 is 0 Å². The maximum Gasteiger partial charge on any atom is 0.327 e. The van der Waals surface area contributed by atoms with Gasteiger partial charge >= 0.3 is 6.03 Å². The fraction of sp³-hybridized carbons (Fsp3) is 0.719. The van der Waals surface area contributed by atoms with Crippen molar-refractivity contribution in [3.8, 4) is 0 Å². The molecular weight excluding hydrogens is 488 g/mol. The first-order chi connectivity index (χ1) is 18.5. The zero-order chi connectivity index (χ0) is 27.9. The van der Waals surface area contributed by atoms with Crippen molar-refractivity contribution in [1.29, 1.82) is 0 Å². The summed E-state index contributed by atoms with van der Waals surface area (Å²) < 4.78 is 0. The number of carbonyl (C=O) groups is 3. The Morgan fingerprint density at radius 3 is 2.26 bits per heavy atom. The van der Waals surface area contributed by atoms with Crippen molar-refractivity contribution in [1.82, 2.24) is 19.6 Å². The molecule has 1 aliphatic carbocycles. The van der Waals surface area contributed by atoms with Crippen LogP contribution in [0.3, 0.4) is 0 Å². The monoisotopic (exact) mass is 536 g/mol. The van der Waals surface area contributed by atoms with Gasteiger partial charge in [0.1, 0.15) is 5.54 Å². The molecule has 4 aliphatic rings. The van der Waals surface area contributed by atoms with Gasteiger partial charge in [-0.3, -0.25) is 14.5 Å². The van der Waals surface area contributed by atoms with Crippen LogP contribution in [0.1, 0.15) is 78.2 Å². The Kier molecular flexibility index (Phi) is 7.84. The first-order valence-corrected chi connectivity index (χ1v) is 15.2. The van der Waals surface area contributed by atoms with Crippen LogP contribution in [-0.2, 0) is 9.59 Å². The Bertz CT molecular complexity index is 1050. The lowest BCUT2D eigenvalue weighted by Gasteiger charge is -2.43. The number of likely N-dealkylation sites (tertiary alicyclic amines) is 2. The Morgan fingerprint density at radius 2 is 1.67 bits per heavy atom. The molecule has 0 bridgehead atoms. The molecule has 0 radical (unpaired) electrons. The SMILES string of the molecule is CC(C)CN1C(=O)N(CC2CC2)C(=O)C12CCN(C[C@H]1CN(C(=O)CC(C)(C)C)C[C@@H]1c1ccccc1)CC2. The molecule has 1 aromatic carbocycles. The molecule has 5 rings (SSSR count). The zero-order valence-corrected chi connectivity index (χ0v) is 24.7. The Hall–Kier alpha value is -2.41. The molecule has 0 N–H and O–H groups in total. The van der Waals surface area contributed by atoms with Gasteiger partial charge in [-0.25, -0.2) is 4.79 Å². The average Bonchev–Trinajstić information content (AvgIpc) is 3.58. The van der Waals surface area contributed by atoms with Gasteiger partial charge in [0.2, 0.25) is 5.91 Å². The second-order valence-electron chi connectivity index (χ2n) is 14.3. The number of hydrogen-bond acceptors (Lipinski definition) is 4. The predicted octanol–water partition coefficient (Wildman–Crippen LogP) is 4.83. The molecule has 0 unspecified atom stereocenters. The molecular formula is C32H48N4O3. The van der Waals surface area contributed by atoms with Gasteiger partial charge < -0.3 is 14.7 Å². The van der Waals surface area contributed by atoms with E-state index in [2.05, 4.69) is 74.8 Å². The highest BCUT2D eigenvalue weighted by Crippen LogP contribution is 2.41. The van der Waals surface area contributed by atoms with Gasteiger partial charge in [-0.2, -0.15) is 0 Å². The van der Waals surface area contributed by atoms with E-state index in [4.69, 9.17) is 0 Å². The van der Waals surface area contributed by atoms with Crippen LogP contribution in [0, 0.1) is 23.2 Å². The minimum Gasteiger partial charge on any atom is -0.342 e. The lowest BCUT2D eigenvalue weighted by atomic mass is 9.83. The second-order valence-corrected chi connectivity index (χ2v) is 14.3. The first kappa shape index (κ1) is 28.1. The fourth-order valence-corrected chi connectivity index (χ4v) is 6.94. The van der Waals surface area contributed by atoms with Crippen molar-refractivity contribution in [2.24, 2.45) is 23.2 Å². The molecule has 214 valence electrons. The van der Waals surface area contributed by atoms with Crippen molar-refractivity contribution in [3.05, 3.63) is 35.9 Å². The van der Waals surface area contributed by atoms with Gasteiger partial charge in [0, 0.05) is 58.2 Å². The van der Waals surface area contributed by atoms with E-state index in [1.54, 1.807) is 4.90 Å². The van der Waals surface area contributed by atoms with E-state index in [1.165, 1.54) is 5.56 Å². The summed E-state index contributed by atoms with van der Waals surface area (Å²) in [7, 11) is 0. The summed E-state index contributed by atoms with van der Waals surface area (Å²) >= 11 is 0. The molecule has 39 heavy (non-hydrogen) atoms. The summed E-state index contributed by atoms with van der Waals surface area (Å²) in [6.07, 6.45) is 4.21. The Balaban J connectivity index is 1.28. The molecule has 2 atom stereocenters. The molecule has 3 heterocycles. The van der Waals surface area contributed by atoms with Gasteiger partial charge in [0.25, 0.3) is 5.91 Å². The van der Waals surface area contributed by atoms with Crippen molar-refractivity contribution < 1.29 is 14.4 Å². The summed E-state index contributed by atoms with van der Waals surface area (Å²) in [5.74, 6) is 1.77. The number of benzene rings is 1. The van der Waals surface area contributed by atoms with E-state index in [0.717, 1.165) is 45.6 Å². The summed E-state index contributed by atoms with van der Waals surface area (Å²) in [5, 5.41) is 0. The summed E-state index contributed by atoms with van der Waals surface area (Å²) in [6.45, 7) is 15.9. The molecule has 7 nitrogen and oxygen atoms in total. The van der Waals surface area contributed by atoms with Gasteiger partial charge in [-0.1, -0.05) is 65.0 Å². The molecule has 0 aromatic heterocycles. The van der Waals surface area contributed by atoms with Gasteiger partial charge in [-0.05, 0) is 54.4 Å². The van der Waals surface area contributed by atoms with Crippen molar-refractivity contribution in [3.63, 3.8) is 0 Å². The van der Waals surface area contributed by atoms with Gasteiger partial charge in [0.05, 0.1) is 0 Å². The van der Waals surface area contributed by atoms with Gasteiger partial charge in [0.15, 0.2) is 0 Å². The molecule has 1 aromatic rings. The van der Waals surface area contributed by atoms with E-state index in [0.29, 0.717) is 56.0 Å². The summed E-state index contributed by atoms with van der Waals surface area (Å²) in [4.78, 5) is 48.4. The highest BCUT2D eigenvalue weighted by Gasteiger charge is 2.58. The summed E-state index contributed by atoms with van der Waals surface area (Å²) in [6, 6.07) is 10.6. The molecule has 1 saturated carbocycles. The quantitative estimate of drug-likeness (QED) is 0.447. The molecule has 1 spiro atoms. The molecule has 4 fully saturated rings. The van der Waals surface area contributed by atoms with Crippen LogP contribution in [0.5, 0.6) is 0 Å². The normalized spacial score (nSPS) is 25.9.